The van der Waals surface area contributed by atoms with Gasteiger partial charge in [0.15, 0.2) is 5.78 Å². The topological polar surface area (TPSA) is 198 Å². The quantitative estimate of drug-likeness (QED) is 0.147. The first kappa shape index (κ1) is 57.0. The van der Waals surface area contributed by atoms with E-state index >= 15 is 0 Å². The first-order chi connectivity index (χ1) is 31.6. The number of sulfonamides is 1. The summed E-state index contributed by atoms with van der Waals surface area (Å²) < 4.78 is 52.8. The van der Waals surface area contributed by atoms with Gasteiger partial charge in [-0.1, -0.05) is 83.1 Å². The molecule has 15 heteroatoms. The number of aliphatic hydroxyl groups excluding tert-OH is 2. The molecule has 15 atom stereocenters. The Hall–Kier alpha value is -2.60. The third kappa shape index (κ3) is 16.5. The van der Waals surface area contributed by atoms with Crippen molar-refractivity contribution < 1.29 is 57.1 Å². The number of rotatable bonds is 8. The minimum atomic E-state index is -3.65. The molecule has 1 aliphatic carbocycles. The normalized spacial score (nSPS) is 38.8. The summed E-state index contributed by atoms with van der Waals surface area (Å²) in [5.74, 6) is -4.17. The Kier molecular flexibility index (Phi) is 22.6. The number of carbonyl (C=O) groups excluding carboxylic acids is 3. The molecule has 2 bridgehead atoms. The van der Waals surface area contributed by atoms with Gasteiger partial charge in [0, 0.05) is 32.1 Å². The van der Waals surface area contributed by atoms with Crippen molar-refractivity contribution in [2.45, 2.75) is 193 Å². The van der Waals surface area contributed by atoms with Crippen LogP contribution in [0.1, 0.15) is 139 Å². The molecule has 0 amide bonds. The van der Waals surface area contributed by atoms with E-state index in [-0.39, 0.29) is 54.3 Å². The number of hydrogen-bond donors (Lipinski definition) is 4. The minimum Gasteiger partial charge on any atom is -0.461 e. The number of ether oxygens (including phenoxy) is 4. The fraction of sp³-hybridized carbons (Fsp3) is 0.788. The fourth-order valence-electron chi connectivity index (χ4n) is 10.6. The number of ketones is 2. The van der Waals surface area contributed by atoms with Gasteiger partial charge in [0.25, 0.3) is 0 Å². The van der Waals surface area contributed by atoms with Crippen LogP contribution < -0.4 is 4.72 Å². The van der Waals surface area contributed by atoms with Gasteiger partial charge in [-0.25, -0.2) is 13.1 Å². The fourth-order valence-corrected chi connectivity index (χ4v) is 11.5. The Balaban J connectivity index is 1.68. The zero-order chi connectivity index (χ0) is 49.6. The van der Waals surface area contributed by atoms with Gasteiger partial charge in [-0.2, -0.15) is 0 Å². The second kappa shape index (κ2) is 26.6. The van der Waals surface area contributed by atoms with Crippen LogP contribution in [-0.4, -0.2) is 134 Å². The molecule has 0 spiro atoms. The lowest BCUT2D eigenvalue weighted by Gasteiger charge is -2.43. The number of allylic oxidation sites excluding steroid dienone is 6. The average Bonchev–Trinajstić information content (AvgIpc) is 3.28. The number of nitrogens with one attached hydrogen (secondary N) is 1. The number of cyclic esters (lactones) is 1. The molecular formula is C52H86N2O12S. The van der Waals surface area contributed by atoms with E-state index in [9.17, 15) is 38.1 Å². The van der Waals surface area contributed by atoms with Gasteiger partial charge < -0.3 is 34.3 Å². The molecule has 4 rings (SSSR count). The number of Topliss-reactive ketones (excluding diaryl/α,β-unsaturated/α-hetero) is 2. The second-order valence-electron chi connectivity index (χ2n) is 20.6. The number of fused-ring (bicyclic) bond motifs is 3. The Morgan fingerprint density at radius 1 is 0.881 bits per heavy atom. The number of nitrogens with zero attached hydrogens (tertiary/aromatic N) is 1. The van der Waals surface area contributed by atoms with Crippen LogP contribution in [-0.2, 0) is 43.4 Å². The van der Waals surface area contributed by atoms with Crippen molar-refractivity contribution in [3.63, 3.8) is 0 Å². The average molecular weight is 963 g/mol. The molecule has 14 nitrogen and oxygen atoms in total. The van der Waals surface area contributed by atoms with Gasteiger partial charge in [0.1, 0.15) is 24.4 Å². The molecule has 4 aliphatic rings. The standard InChI is InChI=1S/C52H86N2O12S/c1-11-67(61,62)53-42-31-41-23-21-39(8)52(60,66-41)47(56)32-54-26-16-15-19-43(54)51(59)65-45(36(5)29-40-22-24-44(55)46(30-40)63-9)25-20-34(3)28-38(7)49(58)50(64-10)48(57)37(6)27-33(2)17-13-12-14-18-35(42)4/h12-14,17-18,28,33-34,36-37,39-46,49-50,53,55,58,60H,11,15-16,19-27,29-32H2,1-10H3/b14-12?,17-13+,35-18?,38-28+/t33-,34+,36?,37-,39-,40+,41+,42-,43+,44-,45+,46-,49-,50+,52-/m1/s1. The summed E-state index contributed by atoms with van der Waals surface area (Å²) in [6.07, 6.45) is 15.1. The molecule has 3 fully saturated rings. The summed E-state index contributed by atoms with van der Waals surface area (Å²) in [7, 11) is -0.592. The van der Waals surface area contributed by atoms with Crippen molar-refractivity contribution in [1.82, 2.24) is 9.62 Å². The van der Waals surface area contributed by atoms with Crippen molar-refractivity contribution in [1.29, 1.82) is 0 Å². The van der Waals surface area contributed by atoms with Crippen LogP contribution in [0.4, 0.5) is 0 Å². The summed E-state index contributed by atoms with van der Waals surface area (Å²) in [4.78, 5) is 44.3. The van der Waals surface area contributed by atoms with E-state index < -0.39 is 82.0 Å². The van der Waals surface area contributed by atoms with Crippen LogP contribution in [0.25, 0.3) is 0 Å². The maximum absolute atomic E-state index is 14.4. The van der Waals surface area contributed by atoms with Crippen LogP contribution in [0.15, 0.2) is 47.6 Å². The van der Waals surface area contributed by atoms with E-state index in [0.29, 0.717) is 63.5 Å². The van der Waals surface area contributed by atoms with Gasteiger partial charge >= 0.3 is 5.97 Å². The van der Waals surface area contributed by atoms with E-state index in [1.54, 1.807) is 27.9 Å². The van der Waals surface area contributed by atoms with Crippen LogP contribution in [0.5, 0.6) is 0 Å². The van der Waals surface area contributed by atoms with E-state index in [1.807, 2.05) is 69.1 Å². The lowest BCUT2D eigenvalue weighted by Crippen LogP contribution is -2.58. The summed E-state index contributed by atoms with van der Waals surface area (Å²) in [6, 6.07) is -1.39. The lowest BCUT2D eigenvalue weighted by molar-refractivity contribution is -0.265. The SMILES string of the molecule is CCS(=O)(=O)N[C@@H]1C[C@@H]2CC[C@@H](C)[C@@](O)(O2)C(=O)CN2CCCC[C@H]2C(=O)O[C@H](C(C)C[C@@H]2CC[C@@H](O)[C@H](OC)C2)CC[C@H](C)/C=C(\C)[C@@H](O)[C@@H](OC)C(=O)[C@H](C)C[C@H](C)/C=C/C=CC=C1C. The molecule has 382 valence electrons. The van der Waals surface area contributed by atoms with Crippen molar-refractivity contribution >= 4 is 27.6 Å². The van der Waals surface area contributed by atoms with Crippen LogP contribution in [0.2, 0.25) is 0 Å². The van der Waals surface area contributed by atoms with Gasteiger partial charge in [-0.3, -0.25) is 19.3 Å². The summed E-state index contributed by atoms with van der Waals surface area (Å²) in [5, 5.41) is 34.1. The number of hydrogen-bond acceptors (Lipinski definition) is 13. The number of piperidine rings is 1. The van der Waals surface area contributed by atoms with E-state index in [2.05, 4.69) is 11.6 Å². The highest BCUT2D eigenvalue weighted by Gasteiger charge is 2.49. The van der Waals surface area contributed by atoms with Crippen molar-refractivity contribution in [2.75, 3.05) is 33.1 Å². The number of carbonyl (C=O) groups is 3. The van der Waals surface area contributed by atoms with Crippen molar-refractivity contribution in [3.05, 3.63) is 47.6 Å². The second-order valence-corrected chi connectivity index (χ2v) is 22.6. The Labute approximate surface area is 402 Å². The number of aliphatic hydroxyl groups is 3. The zero-order valence-corrected chi connectivity index (χ0v) is 43.0. The predicted molar refractivity (Wildman–Crippen MR) is 260 cm³/mol. The monoisotopic (exact) mass is 963 g/mol. The molecule has 0 aromatic carbocycles. The molecule has 1 unspecified atom stereocenters. The molecule has 0 radical (unpaired) electrons. The molecule has 0 aromatic rings. The van der Waals surface area contributed by atoms with Gasteiger partial charge in [-0.05, 0) is 134 Å². The molecule has 67 heavy (non-hydrogen) atoms. The lowest BCUT2D eigenvalue weighted by atomic mass is 9.78. The molecule has 1 saturated carbocycles. The van der Waals surface area contributed by atoms with Crippen LogP contribution in [0.3, 0.4) is 0 Å². The largest absolute Gasteiger partial charge is 0.461 e. The minimum absolute atomic E-state index is 0.0174. The van der Waals surface area contributed by atoms with Gasteiger partial charge in [-0.15, -0.1) is 0 Å². The Bertz CT molecular complexity index is 1850. The van der Waals surface area contributed by atoms with E-state index in [4.69, 9.17) is 18.9 Å². The van der Waals surface area contributed by atoms with E-state index in [0.717, 1.165) is 31.3 Å². The highest BCUT2D eigenvalue weighted by Crippen LogP contribution is 2.37. The smallest absolute Gasteiger partial charge is 0.323 e. The molecule has 4 N–H and O–H groups in total. The maximum atomic E-state index is 14.4. The summed E-state index contributed by atoms with van der Waals surface area (Å²) in [5.41, 5.74) is 1.34. The molecule has 2 saturated heterocycles. The summed E-state index contributed by atoms with van der Waals surface area (Å²) >= 11 is 0. The van der Waals surface area contributed by atoms with Crippen molar-refractivity contribution in [2.24, 2.45) is 35.5 Å². The molecule has 0 aromatic heterocycles. The highest BCUT2D eigenvalue weighted by molar-refractivity contribution is 7.89. The zero-order valence-electron chi connectivity index (χ0n) is 42.2. The summed E-state index contributed by atoms with van der Waals surface area (Å²) in [6.45, 7) is 15.2. The Morgan fingerprint density at radius 2 is 1.61 bits per heavy atom. The number of methoxy groups -OCH3 is 2. The first-order valence-electron chi connectivity index (χ1n) is 25.2. The van der Waals surface area contributed by atoms with Crippen molar-refractivity contribution in [3.8, 4) is 0 Å². The first-order valence-corrected chi connectivity index (χ1v) is 26.8. The number of esters is 1. The third-order valence-electron chi connectivity index (χ3n) is 15.1. The van der Waals surface area contributed by atoms with Crippen LogP contribution >= 0.6 is 0 Å². The molecular weight excluding hydrogens is 877 g/mol. The highest BCUT2D eigenvalue weighted by atomic mass is 32.2. The third-order valence-corrected chi connectivity index (χ3v) is 16.5. The molecule has 3 heterocycles. The van der Waals surface area contributed by atoms with Crippen LogP contribution in [0, 0.1) is 35.5 Å². The molecule has 3 aliphatic heterocycles. The van der Waals surface area contributed by atoms with E-state index in [1.165, 1.54) is 7.11 Å². The Morgan fingerprint density at radius 3 is 2.30 bits per heavy atom. The van der Waals surface area contributed by atoms with Gasteiger partial charge in [0.05, 0.1) is 30.6 Å². The maximum Gasteiger partial charge on any atom is 0.323 e. The van der Waals surface area contributed by atoms with Gasteiger partial charge in [0.2, 0.25) is 21.6 Å². The predicted octanol–water partition coefficient (Wildman–Crippen LogP) is 6.77.